The highest BCUT2D eigenvalue weighted by Gasteiger charge is 2.09. The van der Waals surface area contributed by atoms with E-state index in [0.29, 0.717) is 12.2 Å². The number of nitrogens with one attached hydrogen (secondary N) is 1. The lowest BCUT2D eigenvalue weighted by Crippen LogP contribution is -2.18. The molecule has 4 heteroatoms. The molecule has 0 aliphatic heterocycles. The average molecular weight is 232 g/mol. The van der Waals surface area contributed by atoms with Crippen LogP contribution in [-0.2, 0) is 6.54 Å². The lowest BCUT2D eigenvalue weighted by Gasteiger charge is -2.11. The monoisotopic (exact) mass is 232 g/mol. The van der Waals surface area contributed by atoms with E-state index in [1.165, 1.54) is 0 Å². The molecule has 1 atom stereocenters. The van der Waals surface area contributed by atoms with E-state index in [0.717, 1.165) is 11.5 Å². The van der Waals surface area contributed by atoms with Crippen molar-refractivity contribution in [1.29, 1.82) is 0 Å². The lowest BCUT2D eigenvalue weighted by molar-refractivity contribution is 0.418. The molecule has 0 amide bonds. The number of hydrogen-bond donors (Lipinski definition) is 2. The Bertz CT molecular complexity index is 480. The molecule has 4 nitrogen and oxygen atoms in total. The number of aromatic nitrogens is 1. The van der Waals surface area contributed by atoms with Crippen molar-refractivity contribution < 1.29 is 9.52 Å². The molecule has 17 heavy (non-hydrogen) atoms. The molecule has 0 aliphatic rings. The first-order chi connectivity index (χ1) is 8.16. The summed E-state index contributed by atoms with van der Waals surface area (Å²) in [5.41, 5.74) is 1.55. The molecule has 2 N–H and O–H groups in total. The standard InChI is InChI=1S/C13H16N2O2/c1-9-5-6-12(16)11(15-9)8-14-10(2)13-4-3-7-17-13/h3-7,10,14,16H,8H2,1-2H3/t10-/m0/s1. The highest BCUT2D eigenvalue weighted by atomic mass is 16.3. The van der Waals surface area contributed by atoms with Crippen molar-refractivity contribution in [3.05, 3.63) is 47.7 Å². The van der Waals surface area contributed by atoms with E-state index in [2.05, 4.69) is 10.3 Å². The first-order valence-corrected chi connectivity index (χ1v) is 5.59. The number of aromatic hydroxyl groups is 1. The molecule has 2 heterocycles. The van der Waals surface area contributed by atoms with Crippen molar-refractivity contribution in [1.82, 2.24) is 10.3 Å². The topological polar surface area (TPSA) is 58.3 Å². The maximum absolute atomic E-state index is 9.65. The molecular weight excluding hydrogens is 216 g/mol. The van der Waals surface area contributed by atoms with Crippen LogP contribution in [0.25, 0.3) is 0 Å². The summed E-state index contributed by atoms with van der Waals surface area (Å²) in [4.78, 5) is 4.28. The minimum Gasteiger partial charge on any atom is -0.506 e. The van der Waals surface area contributed by atoms with Crippen LogP contribution in [0.1, 0.15) is 30.1 Å². The zero-order valence-corrected chi connectivity index (χ0v) is 9.97. The van der Waals surface area contributed by atoms with Gasteiger partial charge in [0.15, 0.2) is 0 Å². The van der Waals surface area contributed by atoms with Crippen molar-refractivity contribution in [3.63, 3.8) is 0 Å². The van der Waals surface area contributed by atoms with Crippen molar-refractivity contribution >= 4 is 0 Å². The Labute approximate surface area is 100 Å². The van der Waals surface area contributed by atoms with Gasteiger partial charge in [0, 0.05) is 12.2 Å². The molecular formula is C13H16N2O2. The highest BCUT2D eigenvalue weighted by Crippen LogP contribution is 2.17. The number of furan rings is 1. The number of hydrogen-bond acceptors (Lipinski definition) is 4. The summed E-state index contributed by atoms with van der Waals surface area (Å²) in [5, 5.41) is 12.9. The minimum absolute atomic E-state index is 0.0895. The minimum atomic E-state index is 0.0895. The molecule has 0 radical (unpaired) electrons. The summed E-state index contributed by atoms with van der Waals surface area (Å²) in [7, 11) is 0. The van der Waals surface area contributed by atoms with Crippen molar-refractivity contribution in [2.75, 3.05) is 0 Å². The fourth-order valence-electron chi connectivity index (χ4n) is 1.62. The second kappa shape index (κ2) is 5.01. The summed E-state index contributed by atoms with van der Waals surface area (Å²) in [6.45, 7) is 4.42. The first-order valence-electron chi connectivity index (χ1n) is 5.59. The van der Waals surface area contributed by atoms with Gasteiger partial charge in [-0.1, -0.05) is 0 Å². The van der Waals surface area contributed by atoms with Gasteiger partial charge in [0.25, 0.3) is 0 Å². The molecule has 0 bridgehead atoms. The van der Waals surface area contributed by atoms with E-state index in [1.54, 1.807) is 18.4 Å². The maximum Gasteiger partial charge on any atom is 0.138 e. The van der Waals surface area contributed by atoms with Crippen LogP contribution < -0.4 is 5.32 Å². The zero-order chi connectivity index (χ0) is 12.3. The average Bonchev–Trinajstić information content (AvgIpc) is 2.83. The third-order valence-corrected chi connectivity index (χ3v) is 2.64. The molecule has 0 saturated heterocycles. The van der Waals surface area contributed by atoms with Crippen molar-refractivity contribution in [3.8, 4) is 5.75 Å². The highest BCUT2D eigenvalue weighted by molar-refractivity contribution is 5.27. The van der Waals surface area contributed by atoms with Gasteiger partial charge in [-0.05, 0) is 38.1 Å². The van der Waals surface area contributed by atoms with E-state index >= 15 is 0 Å². The van der Waals surface area contributed by atoms with Crippen molar-refractivity contribution in [2.24, 2.45) is 0 Å². The summed E-state index contributed by atoms with van der Waals surface area (Å²) < 4.78 is 5.29. The third-order valence-electron chi connectivity index (χ3n) is 2.64. The summed E-state index contributed by atoms with van der Waals surface area (Å²) in [5.74, 6) is 1.09. The summed E-state index contributed by atoms with van der Waals surface area (Å²) in [6, 6.07) is 7.31. The normalized spacial score (nSPS) is 12.6. The van der Waals surface area contributed by atoms with Gasteiger partial charge >= 0.3 is 0 Å². The van der Waals surface area contributed by atoms with Gasteiger partial charge in [0.2, 0.25) is 0 Å². The Morgan fingerprint density at radius 1 is 1.41 bits per heavy atom. The SMILES string of the molecule is Cc1ccc(O)c(CN[C@@H](C)c2ccco2)n1. The number of rotatable bonds is 4. The van der Waals surface area contributed by atoms with Crippen LogP contribution >= 0.6 is 0 Å². The lowest BCUT2D eigenvalue weighted by atomic mass is 10.2. The molecule has 90 valence electrons. The molecule has 0 spiro atoms. The second-order valence-electron chi connectivity index (χ2n) is 4.04. The van der Waals surface area contributed by atoms with Crippen LogP contribution in [0, 0.1) is 6.92 Å². The fourth-order valence-corrected chi connectivity index (χ4v) is 1.62. The zero-order valence-electron chi connectivity index (χ0n) is 9.97. The molecule has 0 unspecified atom stereocenters. The van der Waals surface area contributed by atoms with Gasteiger partial charge in [-0.25, -0.2) is 0 Å². The molecule has 2 rings (SSSR count). The van der Waals surface area contributed by atoms with Gasteiger partial charge < -0.3 is 14.8 Å². The van der Waals surface area contributed by atoms with Gasteiger partial charge in [-0.2, -0.15) is 0 Å². The van der Waals surface area contributed by atoms with Gasteiger partial charge in [-0.15, -0.1) is 0 Å². The molecule has 2 aromatic heterocycles. The second-order valence-corrected chi connectivity index (χ2v) is 4.04. The van der Waals surface area contributed by atoms with Crippen LogP contribution in [0.4, 0.5) is 0 Å². The largest absolute Gasteiger partial charge is 0.506 e. The Hall–Kier alpha value is -1.81. The summed E-state index contributed by atoms with van der Waals surface area (Å²) in [6.07, 6.45) is 1.65. The molecule has 0 saturated carbocycles. The fraction of sp³-hybridized carbons (Fsp3) is 0.308. The van der Waals surface area contributed by atoms with E-state index in [9.17, 15) is 5.11 Å². The molecule has 2 aromatic rings. The van der Waals surface area contributed by atoms with Gasteiger partial charge in [-0.3, -0.25) is 4.98 Å². The van der Waals surface area contributed by atoms with Crippen LogP contribution in [-0.4, -0.2) is 10.1 Å². The van der Waals surface area contributed by atoms with E-state index in [1.807, 2.05) is 26.0 Å². The first kappa shape index (κ1) is 11.7. The maximum atomic E-state index is 9.65. The quantitative estimate of drug-likeness (QED) is 0.850. The number of pyridine rings is 1. The molecule has 0 fully saturated rings. The predicted octanol–water partition coefficient (Wildman–Crippen LogP) is 2.54. The predicted molar refractivity (Wildman–Crippen MR) is 64.6 cm³/mol. The van der Waals surface area contributed by atoms with Crippen LogP contribution in [0.15, 0.2) is 34.9 Å². The van der Waals surface area contributed by atoms with E-state index in [-0.39, 0.29) is 11.8 Å². The Morgan fingerprint density at radius 3 is 2.94 bits per heavy atom. The number of aryl methyl sites for hydroxylation is 1. The van der Waals surface area contributed by atoms with E-state index in [4.69, 9.17) is 4.42 Å². The molecule has 0 aliphatic carbocycles. The van der Waals surface area contributed by atoms with Crippen molar-refractivity contribution in [2.45, 2.75) is 26.4 Å². The smallest absolute Gasteiger partial charge is 0.138 e. The summed E-state index contributed by atoms with van der Waals surface area (Å²) >= 11 is 0. The number of nitrogens with zero attached hydrogens (tertiary/aromatic N) is 1. The van der Waals surface area contributed by atoms with E-state index < -0.39 is 0 Å². The molecule has 0 aromatic carbocycles. The van der Waals surface area contributed by atoms with Gasteiger partial charge in [0.1, 0.15) is 11.5 Å². The van der Waals surface area contributed by atoms with Crippen LogP contribution in [0.2, 0.25) is 0 Å². The Morgan fingerprint density at radius 2 is 2.24 bits per heavy atom. The van der Waals surface area contributed by atoms with Gasteiger partial charge in [0.05, 0.1) is 18.0 Å². The Kier molecular flexibility index (Phi) is 3.44. The van der Waals surface area contributed by atoms with Crippen LogP contribution in [0.5, 0.6) is 5.75 Å². The third kappa shape index (κ3) is 2.85. The Balaban J connectivity index is 2.00. The van der Waals surface area contributed by atoms with Crippen LogP contribution in [0.3, 0.4) is 0 Å².